The zero-order chi connectivity index (χ0) is 19.7. The summed E-state index contributed by atoms with van der Waals surface area (Å²) in [6.07, 6.45) is 1.63. The maximum Gasteiger partial charge on any atom is 0.319 e. The third-order valence-corrected chi connectivity index (χ3v) is 5.00. The van der Waals surface area contributed by atoms with Crippen molar-refractivity contribution in [3.8, 4) is 5.75 Å². The first-order valence-electron chi connectivity index (χ1n) is 9.07. The third-order valence-electron chi connectivity index (χ3n) is 5.00. The van der Waals surface area contributed by atoms with Crippen molar-refractivity contribution in [1.82, 2.24) is 10.6 Å². The lowest BCUT2D eigenvalue weighted by atomic mass is 9.90. The number of rotatable bonds is 3. The Morgan fingerprint density at radius 1 is 1.18 bits per heavy atom. The number of carbonyl (C=O) groups is 2. The van der Waals surface area contributed by atoms with E-state index in [1.54, 1.807) is 6.07 Å². The number of carbonyl (C=O) groups excluding carboxylic acids is 2. The predicted octanol–water partition coefficient (Wildman–Crippen LogP) is 2.69. The van der Waals surface area contributed by atoms with E-state index in [0.717, 1.165) is 18.4 Å². The summed E-state index contributed by atoms with van der Waals surface area (Å²) in [6.45, 7) is 0.778. The lowest BCUT2D eigenvalue weighted by Gasteiger charge is -2.23. The Morgan fingerprint density at radius 2 is 1.96 bits per heavy atom. The smallest absolute Gasteiger partial charge is 0.319 e. The molecule has 0 saturated carbocycles. The molecule has 1 fully saturated rings. The second-order valence-corrected chi connectivity index (χ2v) is 6.87. The van der Waals surface area contributed by atoms with Crippen LogP contribution in [0.4, 0.5) is 19.3 Å². The van der Waals surface area contributed by atoms with E-state index in [-0.39, 0.29) is 12.5 Å². The molecule has 8 heteroatoms. The third kappa shape index (κ3) is 3.62. The molecular weight excluding hydrogens is 368 g/mol. The molecule has 2 unspecified atom stereocenters. The van der Waals surface area contributed by atoms with Crippen molar-refractivity contribution in [2.75, 3.05) is 18.5 Å². The molecule has 1 saturated heterocycles. The zero-order valence-corrected chi connectivity index (χ0v) is 14.9. The fourth-order valence-electron chi connectivity index (χ4n) is 3.60. The van der Waals surface area contributed by atoms with Gasteiger partial charge in [-0.1, -0.05) is 0 Å². The topological polar surface area (TPSA) is 79.5 Å². The minimum absolute atomic E-state index is 0.219. The van der Waals surface area contributed by atoms with Gasteiger partial charge < -0.3 is 20.7 Å². The van der Waals surface area contributed by atoms with Gasteiger partial charge in [0.1, 0.15) is 23.4 Å². The van der Waals surface area contributed by atoms with Crippen molar-refractivity contribution in [2.45, 2.75) is 24.8 Å². The highest BCUT2D eigenvalue weighted by Gasteiger charge is 2.38. The molecule has 0 spiro atoms. The van der Waals surface area contributed by atoms with E-state index in [1.807, 2.05) is 0 Å². The van der Waals surface area contributed by atoms with Gasteiger partial charge in [-0.05, 0) is 54.3 Å². The Kier molecular flexibility index (Phi) is 4.85. The molecule has 2 heterocycles. The average Bonchev–Trinajstić information content (AvgIpc) is 3.03. The number of anilines is 1. The van der Waals surface area contributed by atoms with Crippen LogP contribution in [0.1, 0.15) is 23.5 Å². The highest BCUT2D eigenvalue weighted by molar-refractivity contribution is 5.95. The van der Waals surface area contributed by atoms with E-state index >= 15 is 0 Å². The summed E-state index contributed by atoms with van der Waals surface area (Å²) >= 11 is 0. The molecule has 2 atom stereocenters. The largest absolute Gasteiger partial charge is 0.493 e. The van der Waals surface area contributed by atoms with Crippen molar-refractivity contribution in [3.63, 3.8) is 0 Å². The van der Waals surface area contributed by atoms with Crippen LogP contribution in [-0.2, 0) is 11.2 Å². The molecule has 0 aliphatic carbocycles. The quantitative estimate of drug-likeness (QED) is 0.758. The Balaban J connectivity index is 1.52. The highest BCUT2D eigenvalue weighted by Crippen LogP contribution is 2.33. The molecule has 4 rings (SSSR count). The SMILES string of the molecule is O=C(Nc1ccc(F)cc1)NC1C(=O)NCC1c1cc2c(cc1F)OCCC2. The van der Waals surface area contributed by atoms with Gasteiger partial charge in [-0.25, -0.2) is 13.6 Å². The molecule has 0 aromatic heterocycles. The van der Waals surface area contributed by atoms with Gasteiger partial charge in [0.15, 0.2) is 0 Å². The summed E-state index contributed by atoms with van der Waals surface area (Å²) in [5, 5.41) is 7.81. The summed E-state index contributed by atoms with van der Waals surface area (Å²) in [5.41, 5.74) is 1.65. The standard InChI is InChI=1S/C20H19F2N3O3/c21-12-3-5-13(6-4-12)24-20(27)25-18-15(10-23-19(18)26)14-8-11-2-1-7-28-17(11)9-16(14)22/h3-6,8-9,15,18H,1-2,7,10H2,(H,23,26)(H2,24,25,27). The molecule has 28 heavy (non-hydrogen) atoms. The van der Waals surface area contributed by atoms with Crippen molar-refractivity contribution < 1.29 is 23.1 Å². The molecule has 2 aromatic rings. The second-order valence-electron chi connectivity index (χ2n) is 6.87. The number of benzene rings is 2. The number of hydrogen-bond donors (Lipinski definition) is 3. The molecule has 2 aromatic carbocycles. The van der Waals surface area contributed by atoms with Gasteiger partial charge in [0, 0.05) is 24.2 Å². The number of hydrogen-bond acceptors (Lipinski definition) is 3. The Morgan fingerprint density at radius 3 is 2.75 bits per heavy atom. The summed E-state index contributed by atoms with van der Waals surface area (Å²) in [4.78, 5) is 24.5. The predicted molar refractivity (Wildman–Crippen MR) is 98.3 cm³/mol. The number of halogens is 2. The van der Waals surface area contributed by atoms with Crippen LogP contribution < -0.4 is 20.7 Å². The molecule has 0 radical (unpaired) electrons. The van der Waals surface area contributed by atoms with Gasteiger partial charge in [0.2, 0.25) is 5.91 Å². The summed E-state index contributed by atoms with van der Waals surface area (Å²) < 4.78 is 33.1. The molecule has 6 nitrogen and oxygen atoms in total. The normalized spacial score (nSPS) is 20.7. The van der Waals surface area contributed by atoms with Gasteiger partial charge in [0.25, 0.3) is 0 Å². The number of fused-ring (bicyclic) bond motifs is 1. The second kappa shape index (κ2) is 7.46. The van der Waals surface area contributed by atoms with Crippen LogP contribution in [0.25, 0.3) is 0 Å². The van der Waals surface area contributed by atoms with E-state index < -0.39 is 29.6 Å². The fraction of sp³-hybridized carbons (Fsp3) is 0.300. The van der Waals surface area contributed by atoms with Crippen LogP contribution in [-0.4, -0.2) is 31.1 Å². The lowest BCUT2D eigenvalue weighted by molar-refractivity contribution is -0.120. The van der Waals surface area contributed by atoms with E-state index in [2.05, 4.69) is 16.0 Å². The highest BCUT2D eigenvalue weighted by atomic mass is 19.1. The fourth-order valence-corrected chi connectivity index (χ4v) is 3.60. The maximum atomic E-state index is 14.7. The van der Waals surface area contributed by atoms with Crippen LogP contribution in [0.15, 0.2) is 36.4 Å². The zero-order valence-electron chi connectivity index (χ0n) is 14.9. The molecule has 2 aliphatic heterocycles. The number of urea groups is 1. The minimum atomic E-state index is -0.919. The van der Waals surface area contributed by atoms with Crippen molar-refractivity contribution >= 4 is 17.6 Å². The van der Waals surface area contributed by atoms with Gasteiger partial charge in [0.05, 0.1) is 6.61 Å². The van der Waals surface area contributed by atoms with Crippen molar-refractivity contribution in [3.05, 3.63) is 59.2 Å². The van der Waals surface area contributed by atoms with Crippen molar-refractivity contribution in [1.29, 1.82) is 0 Å². The van der Waals surface area contributed by atoms with Crippen molar-refractivity contribution in [2.24, 2.45) is 0 Å². The molecule has 0 bridgehead atoms. The average molecular weight is 387 g/mol. The molecule has 146 valence electrons. The monoisotopic (exact) mass is 387 g/mol. The Labute approximate surface area is 160 Å². The van der Waals surface area contributed by atoms with Gasteiger partial charge >= 0.3 is 6.03 Å². The van der Waals surface area contributed by atoms with Crippen LogP contribution >= 0.6 is 0 Å². The number of ether oxygens (including phenoxy) is 1. The summed E-state index contributed by atoms with van der Waals surface area (Å²) in [5.74, 6) is -1.28. The summed E-state index contributed by atoms with van der Waals surface area (Å²) in [6, 6.07) is 6.77. The summed E-state index contributed by atoms with van der Waals surface area (Å²) in [7, 11) is 0. The van der Waals surface area contributed by atoms with E-state index in [4.69, 9.17) is 4.74 Å². The van der Waals surface area contributed by atoms with Crippen LogP contribution in [0.5, 0.6) is 5.75 Å². The first kappa shape index (κ1) is 18.2. The minimum Gasteiger partial charge on any atom is -0.493 e. The molecule has 3 amide bonds. The Hall–Kier alpha value is -3.16. The van der Waals surface area contributed by atoms with E-state index in [1.165, 1.54) is 30.3 Å². The molecule has 3 N–H and O–H groups in total. The first-order chi connectivity index (χ1) is 13.5. The van der Waals surface area contributed by atoms with Crippen LogP contribution in [0.3, 0.4) is 0 Å². The van der Waals surface area contributed by atoms with Crippen LogP contribution in [0, 0.1) is 11.6 Å². The lowest BCUT2D eigenvalue weighted by Crippen LogP contribution is -2.44. The van der Waals surface area contributed by atoms with Gasteiger partial charge in [-0.15, -0.1) is 0 Å². The number of aryl methyl sites for hydroxylation is 1. The molecular formula is C20H19F2N3O3. The van der Waals surface area contributed by atoms with Crippen LogP contribution in [0.2, 0.25) is 0 Å². The first-order valence-corrected chi connectivity index (χ1v) is 9.07. The Bertz CT molecular complexity index is 918. The van der Waals surface area contributed by atoms with E-state index in [9.17, 15) is 18.4 Å². The van der Waals surface area contributed by atoms with E-state index in [0.29, 0.717) is 23.6 Å². The molecule has 2 aliphatic rings. The number of nitrogens with one attached hydrogen (secondary N) is 3. The van der Waals surface area contributed by atoms with Gasteiger partial charge in [-0.2, -0.15) is 0 Å². The number of amides is 3. The van der Waals surface area contributed by atoms with Gasteiger partial charge in [-0.3, -0.25) is 4.79 Å². The maximum absolute atomic E-state index is 14.7.